The van der Waals surface area contributed by atoms with Crippen molar-refractivity contribution in [3.63, 3.8) is 0 Å². The minimum absolute atomic E-state index is 0.263. The third kappa shape index (κ3) is 7.08. The maximum Gasteiger partial charge on any atom is 0.344 e. The number of hydrogen-bond acceptors (Lipinski definition) is 4. The number of pyridine rings is 1. The normalized spacial score (nSPS) is 11.7. The van der Waals surface area contributed by atoms with Crippen molar-refractivity contribution >= 4 is 11.5 Å². The Balaban J connectivity index is 1.52. The predicted octanol–water partition coefficient (Wildman–Crippen LogP) is 6.29. The maximum absolute atomic E-state index is 13.6. The summed E-state index contributed by atoms with van der Waals surface area (Å²) in [4.78, 5) is 15.3. The molecule has 1 heterocycles. The van der Waals surface area contributed by atoms with Crippen molar-refractivity contribution in [2.75, 3.05) is 6.61 Å². The third-order valence-corrected chi connectivity index (χ3v) is 5.69. The lowest BCUT2D eigenvalue weighted by molar-refractivity contribution is -0.144. The van der Waals surface area contributed by atoms with Crippen LogP contribution in [-0.2, 0) is 4.79 Å². The average Bonchev–Trinajstić information content (AvgIpc) is 2.93. The van der Waals surface area contributed by atoms with E-state index in [-0.39, 0.29) is 12.4 Å². The molecule has 0 fully saturated rings. The van der Waals surface area contributed by atoms with E-state index in [0.717, 1.165) is 27.8 Å². The highest BCUT2D eigenvalue weighted by atomic mass is 19.1. The van der Waals surface area contributed by atoms with Crippen LogP contribution in [-0.4, -0.2) is 28.8 Å². The van der Waals surface area contributed by atoms with Crippen molar-refractivity contribution in [3.8, 4) is 23.3 Å². The molecule has 5 nitrogen and oxygen atoms in total. The van der Waals surface area contributed by atoms with Gasteiger partial charge in [-0.05, 0) is 103 Å². The zero-order chi connectivity index (χ0) is 26.9. The van der Waals surface area contributed by atoms with Crippen LogP contribution in [0.2, 0.25) is 0 Å². The van der Waals surface area contributed by atoms with E-state index in [1.54, 1.807) is 36.5 Å². The lowest BCUT2D eigenvalue weighted by atomic mass is 9.96. The number of rotatable bonds is 8. The molecular formula is C32H26FNO4. The number of carboxylic acid groups (broad SMARTS) is 1. The predicted molar refractivity (Wildman–Crippen MR) is 145 cm³/mol. The number of hydrogen-bond donors (Lipinski definition) is 1. The monoisotopic (exact) mass is 507 g/mol. The lowest BCUT2D eigenvalue weighted by Gasteiger charge is -2.14. The molecule has 0 saturated heterocycles. The Labute approximate surface area is 221 Å². The molecule has 1 aromatic heterocycles. The molecule has 1 unspecified atom stereocenters. The van der Waals surface area contributed by atoms with E-state index in [0.29, 0.717) is 17.2 Å². The average molecular weight is 508 g/mol. The van der Waals surface area contributed by atoms with E-state index in [9.17, 15) is 9.18 Å². The van der Waals surface area contributed by atoms with E-state index in [1.165, 1.54) is 19.1 Å². The molecule has 3 aromatic carbocycles. The smallest absolute Gasteiger partial charge is 0.344 e. The van der Waals surface area contributed by atoms with Gasteiger partial charge in [0.05, 0.1) is 0 Å². The topological polar surface area (TPSA) is 68.7 Å². The molecule has 0 spiro atoms. The Morgan fingerprint density at radius 1 is 1.00 bits per heavy atom. The molecule has 4 rings (SSSR count). The first kappa shape index (κ1) is 26.2. The van der Waals surface area contributed by atoms with Crippen LogP contribution in [0.4, 0.5) is 4.39 Å². The first-order chi connectivity index (χ1) is 18.4. The molecule has 0 amide bonds. The highest BCUT2D eigenvalue weighted by molar-refractivity contribution is 5.80. The minimum atomic E-state index is -1.03. The number of aryl methyl sites for hydroxylation is 1. The van der Waals surface area contributed by atoms with Crippen molar-refractivity contribution < 1.29 is 23.8 Å². The SMILES string of the molecule is Cc1cc(OC/C=C(\c2ccc(F)cc2)c2ccc(C#Cc3ccccn3)cc2)ccc1OC(C)C(=O)O. The number of carbonyl (C=O) groups is 1. The maximum atomic E-state index is 13.6. The summed E-state index contributed by atoms with van der Waals surface area (Å²) in [6, 6.07) is 24.9. The highest BCUT2D eigenvalue weighted by Gasteiger charge is 2.14. The van der Waals surface area contributed by atoms with Gasteiger partial charge in [0.1, 0.15) is 29.6 Å². The van der Waals surface area contributed by atoms with Crippen LogP contribution in [0, 0.1) is 24.6 Å². The third-order valence-electron chi connectivity index (χ3n) is 5.69. The zero-order valence-electron chi connectivity index (χ0n) is 21.0. The van der Waals surface area contributed by atoms with Gasteiger partial charge in [0.15, 0.2) is 6.10 Å². The summed E-state index contributed by atoms with van der Waals surface area (Å²) >= 11 is 0. The molecule has 0 saturated carbocycles. The zero-order valence-corrected chi connectivity index (χ0v) is 21.0. The standard InChI is InChI=1S/C32H26FNO4/c1-22-21-29(16-17-31(22)38-23(2)32(35)36)37-20-18-30(26-11-13-27(33)14-12-26)25-9-6-24(7-10-25)8-15-28-5-3-4-19-34-28/h3-7,9-14,16-19,21,23H,20H2,1-2H3,(H,35,36)/b30-18-. The van der Waals surface area contributed by atoms with Gasteiger partial charge in [-0.3, -0.25) is 0 Å². The van der Waals surface area contributed by atoms with Crippen molar-refractivity contribution in [1.29, 1.82) is 0 Å². The van der Waals surface area contributed by atoms with E-state index in [4.69, 9.17) is 14.6 Å². The molecule has 4 aromatic rings. The van der Waals surface area contributed by atoms with Gasteiger partial charge in [-0.2, -0.15) is 0 Å². The number of aromatic nitrogens is 1. The second-order valence-corrected chi connectivity index (χ2v) is 8.50. The molecule has 0 aliphatic rings. The van der Waals surface area contributed by atoms with Crippen LogP contribution in [0.3, 0.4) is 0 Å². The summed E-state index contributed by atoms with van der Waals surface area (Å²) in [6.07, 6.45) is 2.70. The largest absolute Gasteiger partial charge is 0.489 e. The van der Waals surface area contributed by atoms with Crippen LogP contribution >= 0.6 is 0 Å². The second-order valence-electron chi connectivity index (χ2n) is 8.50. The minimum Gasteiger partial charge on any atom is -0.489 e. The number of ether oxygens (including phenoxy) is 2. The summed E-state index contributed by atoms with van der Waals surface area (Å²) in [5.41, 5.74) is 4.99. The van der Waals surface area contributed by atoms with Gasteiger partial charge in [0.2, 0.25) is 0 Å². The lowest BCUT2D eigenvalue weighted by Crippen LogP contribution is -2.23. The fourth-order valence-corrected chi connectivity index (χ4v) is 3.64. The first-order valence-corrected chi connectivity index (χ1v) is 12.0. The van der Waals surface area contributed by atoms with E-state index in [1.807, 2.05) is 55.5 Å². The molecule has 0 aliphatic carbocycles. The van der Waals surface area contributed by atoms with Crippen LogP contribution < -0.4 is 9.47 Å². The molecule has 0 bridgehead atoms. The molecule has 0 radical (unpaired) electrons. The molecule has 38 heavy (non-hydrogen) atoms. The second kappa shape index (κ2) is 12.4. The summed E-state index contributed by atoms with van der Waals surface area (Å²) in [7, 11) is 0. The van der Waals surface area contributed by atoms with Crippen molar-refractivity contribution in [2.45, 2.75) is 20.0 Å². The Hall–Kier alpha value is -4.89. The van der Waals surface area contributed by atoms with Crippen LogP contribution in [0.5, 0.6) is 11.5 Å². The molecule has 0 aliphatic heterocycles. The van der Waals surface area contributed by atoms with Gasteiger partial charge in [0.25, 0.3) is 0 Å². The summed E-state index contributed by atoms with van der Waals surface area (Å²) in [6.45, 7) is 3.57. The van der Waals surface area contributed by atoms with Crippen molar-refractivity contribution in [2.24, 2.45) is 0 Å². The molecular weight excluding hydrogens is 481 g/mol. The quantitative estimate of drug-likeness (QED) is 0.284. The van der Waals surface area contributed by atoms with E-state index < -0.39 is 12.1 Å². The Morgan fingerprint density at radius 2 is 1.71 bits per heavy atom. The highest BCUT2D eigenvalue weighted by Crippen LogP contribution is 2.26. The molecule has 1 N–H and O–H groups in total. The number of halogens is 1. The van der Waals surface area contributed by atoms with Gasteiger partial charge >= 0.3 is 5.97 Å². The van der Waals surface area contributed by atoms with Gasteiger partial charge < -0.3 is 14.6 Å². The Kier molecular flexibility index (Phi) is 8.53. The van der Waals surface area contributed by atoms with Crippen molar-refractivity contribution in [1.82, 2.24) is 4.98 Å². The first-order valence-electron chi connectivity index (χ1n) is 12.0. The van der Waals surface area contributed by atoms with Gasteiger partial charge in [0, 0.05) is 11.8 Å². The van der Waals surface area contributed by atoms with Crippen LogP contribution in [0.15, 0.2) is 97.2 Å². The van der Waals surface area contributed by atoms with E-state index in [2.05, 4.69) is 16.8 Å². The number of carboxylic acids is 1. The number of nitrogens with zero attached hydrogens (tertiary/aromatic N) is 1. The number of benzene rings is 3. The molecule has 6 heteroatoms. The fourth-order valence-electron chi connectivity index (χ4n) is 3.64. The number of aliphatic carboxylic acids is 1. The molecule has 1 atom stereocenters. The Morgan fingerprint density at radius 3 is 2.34 bits per heavy atom. The fraction of sp³-hybridized carbons (Fsp3) is 0.125. The summed E-state index contributed by atoms with van der Waals surface area (Å²) in [5.74, 6) is 5.93. The van der Waals surface area contributed by atoms with Gasteiger partial charge in [-0.1, -0.05) is 36.3 Å². The summed E-state index contributed by atoms with van der Waals surface area (Å²) < 4.78 is 25.0. The van der Waals surface area contributed by atoms with Gasteiger partial charge in [-0.25, -0.2) is 14.2 Å². The Bertz CT molecular complexity index is 1480. The summed E-state index contributed by atoms with van der Waals surface area (Å²) in [5, 5.41) is 9.06. The van der Waals surface area contributed by atoms with Crippen molar-refractivity contribution in [3.05, 3.63) is 131 Å². The molecule has 190 valence electrons. The van der Waals surface area contributed by atoms with E-state index >= 15 is 0 Å². The van der Waals surface area contributed by atoms with Crippen LogP contribution in [0.1, 0.15) is 34.9 Å². The van der Waals surface area contributed by atoms with Gasteiger partial charge in [-0.15, -0.1) is 0 Å². The van der Waals surface area contributed by atoms with Crippen LogP contribution in [0.25, 0.3) is 5.57 Å².